The minimum atomic E-state index is -0.567. The van der Waals surface area contributed by atoms with Crippen LogP contribution in [0.5, 0.6) is 0 Å². The minimum Gasteiger partial charge on any atom is -0.387 e. The average molecular weight is 430 g/mol. The maximum absolute atomic E-state index is 11.1. The second-order valence-electron chi connectivity index (χ2n) is 11.9. The van der Waals surface area contributed by atoms with Gasteiger partial charge in [0.25, 0.3) is 0 Å². The van der Waals surface area contributed by atoms with Crippen LogP contribution in [-0.2, 0) is 11.3 Å². The molecule has 1 N–H and O–H groups in total. The fraction of sp³-hybridized carbons (Fsp3) is 0.923. The lowest BCUT2D eigenvalue weighted by molar-refractivity contribution is -0.129. The van der Waals surface area contributed by atoms with Gasteiger partial charge >= 0.3 is 0 Å². The standard InChI is InChI=1S/C26H43N3O2/c1-4-31-17-26(30)12-10-20-19(15-26)5-6-22-21(20)9-11-25(3)23(7-8-24(22)25)18(2)16-29-14-13-27-28-29/h13-14,18-24,30H,4-12,15-17H2,1-3H3/t18-,19-,20+,21-,22-,23-,24?,25?,26-/m1/s1. The third-order valence-corrected chi connectivity index (χ3v) is 10.4. The molecule has 0 aromatic carbocycles. The van der Waals surface area contributed by atoms with E-state index in [2.05, 4.69) is 24.2 Å². The number of hydrogen-bond donors (Lipinski definition) is 1. The minimum absolute atomic E-state index is 0.498. The summed E-state index contributed by atoms with van der Waals surface area (Å²) in [5, 5.41) is 19.3. The summed E-state index contributed by atoms with van der Waals surface area (Å²) in [5.41, 5.74) is -0.0686. The number of fused-ring (bicyclic) bond motifs is 5. The van der Waals surface area contributed by atoms with Crippen molar-refractivity contribution in [2.24, 2.45) is 46.8 Å². The number of aromatic nitrogens is 3. The number of ether oxygens (including phenoxy) is 1. The van der Waals surface area contributed by atoms with Crippen molar-refractivity contribution in [3.8, 4) is 0 Å². The zero-order valence-electron chi connectivity index (χ0n) is 19.9. The van der Waals surface area contributed by atoms with Crippen LogP contribution in [0.25, 0.3) is 0 Å². The van der Waals surface area contributed by atoms with Crippen LogP contribution in [0.4, 0.5) is 0 Å². The molecule has 174 valence electrons. The second-order valence-corrected chi connectivity index (χ2v) is 11.9. The largest absolute Gasteiger partial charge is 0.387 e. The first-order valence-corrected chi connectivity index (χ1v) is 13.1. The second kappa shape index (κ2) is 8.44. The van der Waals surface area contributed by atoms with Gasteiger partial charge in [-0.15, -0.1) is 5.10 Å². The smallest absolute Gasteiger partial charge is 0.0883 e. The van der Waals surface area contributed by atoms with E-state index in [1.165, 1.54) is 44.9 Å². The third kappa shape index (κ3) is 3.88. The fourth-order valence-corrected chi connectivity index (χ4v) is 9.11. The number of rotatable bonds is 6. The Morgan fingerprint density at radius 2 is 1.94 bits per heavy atom. The van der Waals surface area contributed by atoms with Crippen LogP contribution in [0.15, 0.2) is 12.4 Å². The predicted octanol–water partition coefficient (Wildman–Crippen LogP) is 4.95. The van der Waals surface area contributed by atoms with E-state index in [1.54, 1.807) is 6.20 Å². The predicted molar refractivity (Wildman–Crippen MR) is 121 cm³/mol. The van der Waals surface area contributed by atoms with E-state index in [1.807, 2.05) is 17.8 Å². The molecule has 4 saturated carbocycles. The topological polar surface area (TPSA) is 60.2 Å². The highest BCUT2D eigenvalue weighted by Gasteiger charge is 2.58. The van der Waals surface area contributed by atoms with Crippen molar-refractivity contribution >= 4 is 0 Å². The average Bonchev–Trinajstić information content (AvgIpc) is 3.39. The van der Waals surface area contributed by atoms with E-state index in [0.717, 1.165) is 49.0 Å². The van der Waals surface area contributed by atoms with E-state index in [4.69, 9.17) is 4.74 Å². The van der Waals surface area contributed by atoms with Crippen molar-refractivity contribution in [2.45, 2.75) is 90.7 Å². The number of aliphatic hydroxyl groups is 1. The monoisotopic (exact) mass is 429 g/mol. The van der Waals surface area contributed by atoms with E-state index >= 15 is 0 Å². The van der Waals surface area contributed by atoms with Gasteiger partial charge in [0.1, 0.15) is 0 Å². The molecule has 1 heterocycles. The van der Waals surface area contributed by atoms with Crippen molar-refractivity contribution in [1.82, 2.24) is 15.0 Å². The maximum Gasteiger partial charge on any atom is 0.0883 e. The molecule has 1 aromatic heterocycles. The van der Waals surface area contributed by atoms with E-state index in [0.29, 0.717) is 30.5 Å². The molecule has 0 radical (unpaired) electrons. The Kier molecular flexibility index (Phi) is 5.96. The molecule has 0 amide bonds. The van der Waals surface area contributed by atoms with Crippen molar-refractivity contribution in [3.63, 3.8) is 0 Å². The Bertz CT molecular complexity index is 739. The van der Waals surface area contributed by atoms with Crippen molar-refractivity contribution in [1.29, 1.82) is 0 Å². The summed E-state index contributed by atoms with van der Waals surface area (Å²) in [6.45, 7) is 9.36. The van der Waals surface area contributed by atoms with E-state index in [-0.39, 0.29) is 0 Å². The van der Waals surface area contributed by atoms with Gasteiger partial charge in [-0.3, -0.25) is 4.68 Å². The van der Waals surface area contributed by atoms with Gasteiger partial charge < -0.3 is 9.84 Å². The summed E-state index contributed by atoms with van der Waals surface area (Å²) in [6.07, 6.45) is 15.3. The highest BCUT2D eigenvalue weighted by atomic mass is 16.5. The summed E-state index contributed by atoms with van der Waals surface area (Å²) in [4.78, 5) is 0. The zero-order chi connectivity index (χ0) is 21.6. The van der Waals surface area contributed by atoms with Crippen molar-refractivity contribution < 1.29 is 9.84 Å². The first kappa shape index (κ1) is 21.9. The Labute approximate surface area is 188 Å². The van der Waals surface area contributed by atoms with Gasteiger partial charge in [-0.25, -0.2) is 0 Å². The molecule has 9 atom stereocenters. The van der Waals surface area contributed by atoms with Crippen molar-refractivity contribution in [3.05, 3.63) is 12.4 Å². The molecular formula is C26H43N3O2. The molecular weight excluding hydrogens is 386 g/mol. The first-order chi connectivity index (χ1) is 14.9. The summed E-state index contributed by atoms with van der Waals surface area (Å²) in [5.74, 6) is 5.75. The summed E-state index contributed by atoms with van der Waals surface area (Å²) in [7, 11) is 0. The highest BCUT2D eigenvalue weighted by Crippen LogP contribution is 2.65. The fourth-order valence-electron chi connectivity index (χ4n) is 9.11. The van der Waals surface area contributed by atoms with Gasteiger partial charge in [-0.1, -0.05) is 19.1 Å². The molecule has 0 bridgehead atoms. The summed E-state index contributed by atoms with van der Waals surface area (Å²) < 4.78 is 7.68. The molecule has 0 aliphatic heterocycles. The zero-order valence-corrected chi connectivity index (χ0v) is 19.9. The SMILES string of the molecule is CCOC[C@@]1(O)CC[C@H]2[C@H](CC[C@H]3C4CC[C@H]([C@H](C)Cn5ccnn5)C4(C)CC[C@H]23)C1. The Balaban J connectivity index is 1.26. The third-order valence-electron chi connectivity index (χ3n) is 10.4. The maximum atomic E-state index is 11.1. The Hall–Kier alpha value is -0.940. The lowest BCUT2D eigenvalue weighted by Crippen LogP contribution is -2.52. The Morgan fingerprint density at radius 1 is 1.10 bits per heavy atom. The van der Waals surface area contributed by atoms with Crippen LogP contribution >= 0.6 is 0 Å². The molecule has 4 aliphatic rings. The lowest BCUT2D eigenvalue weighted by Gasteiger charge is -2.57. The van der Waals surface area contributed by atoms with Gasteiger partial charge in [-0.2, -0.15) is 0 Å². The van der Waals surface area contributed by atoms with Gasteiger partial charge in [-0.05, 0) is 112 Å². The molecule has 1 aromatic rings. The summed E-state index contributed by atoms with van der Waals surface area (Å²) >= 11 is 0. The van der Waals surface area contributed by atoms with Gasteiger partial charge in [0.05, 0.1) is 18.4 Å². The quantitative estimate of drug-likeness (QED) is 0.695. The van der Waals surface area contributed by atoms with E-state index < -0.39 is 5.60 Å². The lowest BCUT2D eigenvalue weighted by atomic mass is 9.48. The van der Waals surface area contributed by atoms with Crippen LogP contribution in [-0.4, -0.2) is 38.9 Å². The molecule has 5 heteroatoms. The summed E-state index contributed by atoms with van der Waals surface area (Å²) in [6, 6.07) is 0. The molecule has 31 heavy (non-hydrogen) atoms. The first-order valence-electron chi connectivity index (χ1n) is 13.1. The Morgan fingerprint density at radius 3 is 2.71 bits per heavy atom. The van der Waals surface area contributed by atoms with E-state index in [9.17, 15) is 5.11 Å². The van der Waals surface area contributed by atoms with Crippen LogP contribution in [0.2, 0.25) is 0 Å². The number of nitrogens with zero attached hydrogens (tertiary/aromatic N) is 3. The molecule has 0 spiro atoms. The number of hydrogen-bond acceptors (Lipinski definition) is 4. The van der Waals surface area contributed by atoms with Crippen LogP contribution in [0.1, 0.15) is 78.6 Å². The van der Waals surface area contributed by atoms with Gasteiger partial charge in [0.2, 0.25) is 0 Å². The molecule has 0 saturated heterocycles. The molecule has 4 fully saturated rings. The van der Waals surface area contributed by atoms with Crippen LogP contribution < -0.4 is 0 Å². The van der Waals surface area contributed by atoms with Gasteiger partial charge in [0.15, 0.2) is 0 Å². The van der Waals surface area contributed by atoms with Crippen LogP contribution in [0, 0.1) is 46.8 Å². The molecule has 5 nitrogen and oxygen atoms in total. The molecule has 5 rings (SSSR count). The normalized spacial score (nSPS) is 45.5. The highest BCUT2D eigenvalue weighted by molar-refractivity contribution is 5.07. The molecule has 4 aliphatic carbocycles. The molecule has 2 unspecified atom stereocenters. The van der Waals surface area contributed by atoms with Gasteiger partial charge in [0, 0.05) is 19.3 Å². The van der Waals surface area contributed by atoms with Crippen molar-refractivity contribution in [2.75, 3.05) is 13.2 Å². The van der Waals surface area contributed by atoms with Crippen LogP contribution in [0.3, 0.4) is 0 Å².